The maximum Gasteiger partial charge on any atom is 0.360 e. The number of nitrogens with one attached hydrogen (secondary N) is 1. The molecule has 3 N–H and O–H groups in total. The Labute approximate surface area is 117 Å². The van der Waals surface area contributed by atoms with Crippen LogP contribution in [-0.2, 0) is 24.1 Å². The number of hydrogen-bond acceptors (Lipinski definition) is 5. The van der Waals surface area contributed by atoms with Gasteiger partial charge in [-0.3, -0.25) is 0 Å². The lowest BCUT2D eigenvalue weighted by atomic mass is 10.3. The van der Waals surface area contributed by atoms with E-state index >= 15 is 0 Å². The summed E-state index contributed by atoms with van der Waals surface area (Å²) in [6, 6.07) is 0. The van der Waals surface area contributed by atoms with E-state index in [2.05, 4.69) is 15.0 Å². The molecule has 2 rings (SSSR count). The highest BCUT2D eigenvalue weighted by molar-refractivity contribution is 5.92. The Morgan fingerprint density at radius 1 is 1.50 bits per heavy atom. The van der Waals surface area contributed by atoms with Crippen LogP contribution in [0.4, 0.5) is 5.82 Å². The van der Waals surface area contributed by atoms with Gasteiger partial charge in [0, 0.05) is 31.3 Å². The Hall–Kier alpha value is -2.31. The van der Waals surface area contributed by atoms with Crippen molar-refractivity contribution in [2.24, 2.45) is 0 Å². The van der Waals surface area contributed by atoms with Gasteiger partial charge in [-0.1, -0.05) is 6.92 Å². The van der Waals surface area contributed by atoms with Crippen molar-refractivity contribution in [2.75, 3.05) is 12.3 Å². The van der Waals surface area contributed by atoms with E-state index in [0.29, 0.717) is 25.4 Å². The molecule has 0 fully saturated rings. The molecule has 0 unspecified atom stereocenters. The lowest BCUT2D eigenvalue weighted by molar-refractivity contribution is 0.0521. The highest BCUT2D eigenvalue weighted by Gasteiger charge is 2.20. The van der Waals surface area contributed by atoms with Crippen LogP contribution in [0, 0.1) is 0 Å². The topological polar surface area (TPSA) is 98.8 Å². The van der Waals surface area contributed by atoms with Gasteiger partial charge < -0.3 is 20.0 Å². The number of nitrogens with two attached hydrogens (primary N) is 1. The molecular weight excluding hydrogens is 258 g/mol. The van der Waals surface area contributed by atoms with E-state index < -0.39 is 5.97 Å². The first-order valence-corrected chi connectivity index (χ1v) is 6.66. The number of aromatic nitrogens is 4. The number of carbonyl (C=O) groups is 1. The average molecular weight is 277 g/mol. The average Bonchev–Trinajstić information content (AvgIpc) is 3.04. The third kappa shape index (κ3) is 2.81. The van der Waals surface area contributed by atoms with Crippen LogP contribution < -0.4 is 5.73 Å². The lowest BCUT2D eigenvalue weighted by Crippen LogP contribution is -2.11. The van der Waals surface area contributed by atoms with Crippen molar-refractivity contribution < 1.29 is 9.53 Å². The van der Waals surface area contributed by atoms with Crippen LogP contribution in [0.3, 0.4) is 0 Å². The van der Waals surface area contributed by atoms with Crippen molar-refractivity contribution in [3.63, 3.8) is 0 Å². The maximum atomic E-state index is 11.8. The Morgan fingerprint density at radius 3 is 2.90 bits per heavy atom. The normalized spacial score (nSPS) is 10.7. The van der Waals surface area contributed by atoms with Crippen molar-refractivity contribution in [2.45, 2.75) is 33.2 Å². The van der Waals surface area contributed by atoms with Gasteiger partial charge in [0.15, 0.2) is 5.69 Å². The standard InChI is InChI=1S/C13H19N5O2/c1-3-10-17-11(13(19)20-4-2)12(14)18(10)6-5-9-7-15-8-16-9/h7-8H,3-6,14H2,1-2H3,(H,15,16). The van der Waals surface area contributed by atoms with Gasteiger partial charge in [0.2, 0.25) is 0 Å². The molecule has 2 heterocycles. The zero-order chi connectivity index (χ0) is 14.5. The molecule has 0 aliphatic heterocycles. The zero-order valence-corrected chi connectivity index (χ0v) is 11.7. The lowest BCUT2D eigenvalue weighted by Gasteiger charge is -2.07. The van der Waals surface area contributed by atoms with Gasteiger partial charge in [0.05, 0.1) is 12.9 Å². The smallest absolute Gasteiger partial charge is 0.360 e. The molecule has 7 heteroatoms. The molecular formula is C13H19N5O2. The summed E-state index contributed by atoms with van der Waals surface area (Å²) in [6.07, 6.45) is 4.85. The molecule has 0 radical (unpaired) electrons. The van der Waals surface area contributed by atoms with E-state index in [4.69, 9.17) is 10.5 Å². The van der Waals surface area contributed by atoms with Crippen molar-refractivity contribution >= 4 is 11.8 Å². The summed E-state index contributed by atoms with van der Waals surface area (Å²) in [5.74, 6) is 0.671. The summed E-state index contributed by atoms with van der Waals surface area (Å²) >= 11 is 0. The second kappa shape index (κ2) is 6.23. The number of carbonyl (C=O) groups excluding carboxylic acids is 1. The molecule has 0 saturated heterocycles. The molecule has 20 heavy (non-hydrogen) atoms. The number of ether oxygens (including phenoxy) is 1. The van der Waals surface area contributed by atoms with Crippen LogP contribution in [0.2, 0.25) is 0 Å². The fourth-order valence-corrected chi connectivity index (χ4v) is 2.04. The molecule has 0 amide bonds. The quantitative estimate of drug-likeness (QED) is 0.772. The number of H-pyrrole nitrogens is 1. The highest BCUT2D eigenvalue weighted by atomic mass is 16.5. The second-order valence-electron chi connectivity index (χ2n) is 4.31. The molecule has 2 aromatic rings. The summed E-state index contributed by atoms with van der Waals surface area (Å²) < 4.78 is 6.82. The van der Waals surface area contributed by atoms with Crippen molar-refractivity contribution in [1.29, 1.82) is 0 Å². The van der Waals surface area contributed by atoms with Crippen LogP contribution in [0.5, 0.6) is 0 Å². The molecule has 0 aliphatic rings. The number of hydrogen-bond donors (Lipinski definition) is 2. The molecule has 0 aromatic carbocycles. The number of nitrogens with zero attached hydrogens (tertiary/aromatic N) is 3. The minimum Gasteiger partial charge on any atom is -0.461 e. The minimum absolute atomic E-state index is 0.202. The molecule has 0 aliphatic carbocycles. The first-order valence-electron chi connectivity index (χ1n) is 6.66. The molecule has 7 nitrogen and oxygen atoms in total. The van der Waals surface area contributed by atoms with Crippen LogP contribution >= 0.6 is 0 Å². The fourth-order valence-electron chi connectivity index (χ4n) is 2.04. The highest BCUT2D eigenvalue weighted by Crippen LogP contribution is 2.17. The predicted molar refractivity (Wildman–Crippen MR) is 74.3 cm³/mol. The minimum atomic E-state index is -0.472. The third-order valence-electron chi connectivity index (χ3n) is 3.03. The van der Waals surface area contributed by atoms with Gasteiger partial charge in [-0.15, -0.1) is 0 Å². The van der Waals surface area contributed by atoms with E-state index in [1.165, 1.54) is 0 Å². The van der Waals surface area contributed by atoms with Gasteiger partial charge in [0.25, 0.3) is 0 Å². The van der Waals surface area contributed by atoms with Crippen molar-refractivity contribution in [3.05, 3.63) is 29.7 Å². The van der Waals surface area contributed by atoms with Crippen LogP contribution in [0.1, 0.15) is 35.9 Å². The summed E-state index contributed by atoms with van der Waals surface area (Å²) in [4.78, 5) is 23.1. The Balaban J connectivity index is 2.20. The summed E-state index contributed by atoms with van der Waals surface area (Å²) in [5, 5.41) is 0. The summed E-state index contributed by atoms with van der Waals surface area (Å²) in [7, 11) is 0. The zero-order valence-electron chi connectivity index (χ0n) is 11.7. The van der Waals surface area contributed by atoms with Crippen LogP contribution in [0.15, 0.2) is 12.5 Å². The Kier molecular flexibility index (Phi) is 4.39. The molecule has 108 valence electrons. The maximum absolute atomic E-state index is 11.8. The fraction of sp³-hybridized carbons (Fsp3) is 0.462. The number of aromatic amines is 1. The van der Waals surface area contributed by atoms with E-state index in [1.54, 1.807) is 19.4 Å². The summed E-state index contributed by atoms with van der Waals surface area (Å²) in [6.45, 7) is 4.68. The number of esters is 1. The first kappa shape index (κ1) is 14.1. The van der Waals surface area contributed by atoms with Gasteiger partial charge in [0.1, 0.15) is 11.6 Å². The molecule has 0 bridgehead atoms. The van der Waals surface area contributed by atoms with E-state index in [9.17, 15) is 4.79 Å². The van der Waals surface area contributed by atoms with Crippen LogP contribution in [0.25, 0.3) is 0 Å². The van der Waals surface area contributed by atoms with Gasteiger partial charge in [-0.05, 0) is 6.92 Å². The largest absolute Gasteiger partial charge is 0.461 e. The monoisotopic (exact) mass is 277 g/mol. The van der Waals surface area contributed by atoms with E-state index in [1.807, 2.05) is 11.5 Å². The summed E-state index contributed by atoms with van der Waals surface area (Å²) in [5.41, 5.74) is 7.24. The van der Waals surface area contributed by atoms with Crippen molar-refractivity contribution in [3.8, 4) is 0 Å². The van der Waals surface area contributed by atoms with E-state index in [0.717, 1.165) is 17.9 Å². The van der Waals surface area contributed by atoms with Crippen LogP contribution in [-0.4, -0.2) is 32.1 Å². The molecule has 0 atom stereocenters. The second-order valence-corrected chi connectivity index (χ2v) is 4.31. The van der Waals surface area contributed by atoms with Gasteiger partial charge in [-0.25, -0.2) is 14.8 Å². The Bertz CT molecular complexity index is 574. The van der Waals surface area contributed by atoms with E-state index in [-0.39, 0.29) is 5.69 Å². The van der Waals surface area contributed by atoms with Crippen molar-refractivity contribution in [1.82, 2.24) is 19.5 Å². The van der Waals surface area contributed by atoms with Gasteiger partial charge in [-0.2, -0.15) is 0 Å². The Morgan fingerprint density at radius 2 is 2.30 bits per heavy atom. The number of rotatable bonds is 6. The molecule has 0 spiro atoms. The number of imidazole rings is 2. The molecule has 0 saturated carbocycles. The first-order chi connectivity index (χ1) is 9.67. The predicted octanol–water partition coefficient (Wildman–Crippen LogP) is 1.17. The molecule has 2 aromatic heterocycles. The third-order valence-corrected chi connectivity index (χ3v) is 3.03. The van der Waals surface area contributed by atoms with Gasteiger partial charge >= 0.3 is 5.97 Å². The SMILES string of the molecule is CCOC(=O)c1nc(CC)n(CCc2cnc[nH]2)c1N. The number of aryl methyl sites for hydroxylation is 2. The number of anilines is 1. The number of nitrogen functional groups attached to an aromatic ring is 1.